The molecule has 2 aliphatic heterocycles. The summed E-state index contributed by atoms with van der Waals surface area (Å²) in [5.41, 5.74) is 3.28. The standard InChI is InChI=1S/C25H20F2N2O2S/c1-16-8-9-22-21(12-16)25(24(31)28(22)15-17-4-2-6-19(26)13-17)29(10-11-32-25)23(30)18-5-3-7-20(27)14-18/h2-9,12-14H,10-11,15H2,1H3/t25-/m0/s1. The minimum Gasteiger partial charge on any atom is -0.311 e. The molecule has 162 valence electrons. The number of hydrogen-bond acceptors (Lipinski definition) is 3. The first-order valence-electron chi connectivity index (χ1n) is 10.3. The van der Waals surface area contributed by atoms with Crippen LogP contribution in [-0.4, -0.2) is 29.0 Å². The van der Waals surface area contributed by atoms with Crippen LogP contribution in [0.15, 0.2) is 66.7 Å². The third kappa shape index (κ3) is 3.19. The van der Waals surface area contributed by atoms with Gasteiger partial charge in [0.25, 0.3) is 11.8 Å². The molecule has 0 aliphatic carbocycles. The number of aryl methyl sites for hydroxylation is 1. The van der Waals surface area contributed by atoms with Crippen LogP contribution in [0.3, 0.4) is 0 Å². The van der Waals surface area contributed by atoms with E-state index in [2.05, 4.69) is 0 Å². The second kappa shape index (κ2) is 7.74. The van der Waals surface area contributed by atoms with Gasteiger partial charge >= 0.3 is 0 Å². The molecule has 2 heterocycles. The first-order valence-corrected chi connectivity index (χ1v) is 11.3. The molecule has 0 N–H and O–H groups in total. The zero-order chi connectivity index (χ0) is 22.5. The number of rotatable bonds is 3. The summed E-state index contributed by atoms with van der Waals surface area (Å²) >= 11 is 1.41. The summed E-state index contributed by atoms with van der Waals surface area (Å²) in [4.78, 5) is 29.3. The van der Waals surface area contributed by atoms with Gasteiger partial charge in [-0.25, -0.2) is 8.78 Å². The summed E-state index contributed by atoms with van der Waals surface area (Å²) in [5, 5.41) is 0. The lowest BCUT2D eigenvalue weighted by Gasteiger charge is -2.33. The van der Waals surface area contributed by atoms with Gasteiger partial charge in [-0.05, 0) is 48.9 Å². The normalized spacial score (nSPS) is 19.7. The molecule has 2 amide bonds. The van der Waals surface area contributed by atoms with Crippen molar-refractivity contribution in [2.45, 2.75) is 18.3 Å². The molecule has 7 heteroatoms. The van der Waals surface area contributed by atoms with Gasteiger partial charge in [-0.2, -0.15) is 0 Å². The maximum atomic E-state index is 13.9. The number of anilines is 1. The molecule has 0 radical (unpaired) electrons. The highest BCUT2D eigenvalue weighted by Gasteiger charge is 2.59. The Bertz CT molecular complexity index is 1250. The third-order valence-electron chi connectivity index (χ3n) is 5.90. The lowest BCUT2D eigenvalue weighted by Crippen LogP contribution is -2.50. The van der Waals surface area contributed by atoms with Gasteiger partial charge in [0, 0.05) is 23.4 Å². The van der Waals surface area contributed by atoms with Crippen molar-refractivity contribution in [2.75, 3.05) is 17.2 Å². The van der Waals surface area contributed by atoms with Crippen molar-refractivity contribution in [1.29, 1.82) is 0 Å². The second-order valence-corrected chi connectivity index (χ2v) is 9.29. The maximum Gasteiger partial charge on any atom is 0.268 e. The highest BCUT2D eigenvalue weighted by molar-refractivity contribution is 8.01. The molecular weight excluding hydrogens is 430 g/mol. The van der Waals surface area contributed by atoms with Crippen LogP contribution in [0.25, 0.3) is 0 Å². The molecule has 1 fully saturated rings. The van der Waals surface area contributed by atoms with Crippen LogP contribution in [0.1, 0.15) is 27.0 Å². The number of benzene rings is 3. The minimum absolute atomic E-state index is 0.191. The number of thioether (sulfide) groups is 1. The van der Waals surface area contributed by atoms with Crippen molar-refractivity contribution >= 4 is 29.3 Å². The molecule has 3 aromatic rings. The summed E-state index contributed by atoms with van der Waals surface area (Å²) in [5.74, 6) is -0.921. The summed E-state index contributed by atoms with van der Waals surface area (Å²) in [6, 6.07) is 17.4. The SMILES string of the molecule is Cc1ccc2c(c1)[C@]1(SCCN1C(=O)c1cccc(F)c1)C(=O)N2Cc1cccc(F)c1. The molecule has 3 aromatic carbocycles. The Labute approximate surface area is 188 Å². The first kappa shape index (κ1) is 20.7. The highest BCUT2D eigenvalue weighted by atomic mass is 32.2. The van der Waals surface area contributed by atoms with E-state index in [0.29, 0.717) is 23.5 Å². The van der Waals surface area contributed by atoms with Crippen LogP contribution >= 0.6 is 11.8 Å². The van der Waals surface area contributed by atoms with Crippen molar-refractivity contribution in [2.24, 2.45) is 0 Å². The Morgan fingerprint density at radius 1 is 1.03 bits per heavy atom. The van der Waals surface area contributed by atoms with E-state index in [-0.39, 0.29) is 29.7 Å². The molecule has 1 atom stereocenters. The van der Waals surface area contributed by atoms with Crippen LogP contribution in [0.2, 0.25) is 0 Å². The average molecular weight is 451 g/mol. The largest absolute Gasteiger partial charge is 0.311 e. The Morgan fingerprint density at radius 2 is 1.78 bits per heavy atom. The molecule has 0 unspecified atom stereocenters. The molecule has 1 saturated heterocycles. The number of fused-ring (bicyclic) bond motifs is 2. The second-order valence-electron chi connectivity index (χ2n) is 8.00. The summed E-state index contributed by atoms with van der Waals surface area (Å²) in [6.45, 7) is 2.50. The van der Waals surface area contributed by atoms with Crippen LogP contribution < -0.4 is 4.90 Å². The number of nitrogens with zero attached hydrogens (tertiary/aromatic N) is 2. The molecule has 0 bridgehead atoms. The maximum absolute atomic E-state index is 13.9. The Kier molecular flexibility index (Phi) is 5.01. The van der Waals surface area contributed by atoms with Gasteiger partial charge in [0.2, 0.25) is 0 Å². The van der Waals surface area contributed by atoms with Gasteiger partial charge in [-0.1, -0.05) is 35.9 Å². The first-order chi connectivity index (χ1) is 15.4. The number of carbonyl (C=O) groups excluding carboxylic acids is 2. The summed E-state index contributed by atoms with van der Waals surface area (Å²) < 4.78 is 27.6. The molecule has 0 aromatic heterocycles. The van der Waals surface area contributed by atoms with Gasteiger partial charge < -0.3 is 9.80 Å². The van der Waals surface area contributed by atoms with Gasteiger partial charge in [-0.15, -0.1) is 11.8 Å². The van der Waals surface area contributed by atoms with E-state index in [0.717, 1.165) is 11.1 Å². The van der Waals surface area contributed by atoms with Crippen molar-refractivity contribution in [1.82, 2.24) is 4.90 Å². The fourth-order valence-corrected chi connectivity index (χ4v) is 5.93. The molecular formula is C25H20F2N2O2S. The van der Waals surface area contributed by atoms with Crippen LogP contribution in [0.5, 0.6) is 0 Å². The average Bonchev–Trinajstić information content (AvgIpc) is 3.30. The van der Waals surface area contributed by atoms with Gasteiger partial charge in [0.05, 0.1) is 12.2 Å². The van der Waals surface area contributed by atoms with Gasteiger partial charge in [0.1, 0.15) is 11.6 Å². The smallest absolute Gasteiger partial charge is 0.268 e. The van der Waals surface area contributed by atoms with Crippen LogP contribution in [0, 0.1) is 18.6 Å². The molecule has 4 nitrogen and oxygen atoms in total. The van der Waals surface area contributed by atoms with Crippen molar-refractivity contribution < 1.29 is 18.4 Å². The summed E-state index contributed by atoms with van der Waals surface area (Å²) in [7, 11) is 0. The quantitative estimate of drug-likeness (QED) is 0.572. The molecule has 0 saturated carbocycles. The topological polar surface area (TPSA) is 40.6 Å². The number of halogens is 2. The van der Waals surface area contributed by atoms with E-state index >= 15 is 0 Å². The van der Waals surface area contributed by atoms with Gasteiger partial charge in [-0.3, -0.25) is 9.59 Å². The van der Waals surface area contributed by atoms with Crippen LogP contribution in [-0.2, 0) is 16.2 Å². The van der Waals surface area contributed by atoms with Crippen LogP contribution in [0.4, 0.5) is 14.5 Å². The lowest BCUT2D eigenvalue weighted by molar-refractivity contribution is -0.123. The van der Waals surface area contributed by atoms with Gasteiger partial charge in [0.15, 0.2) is 4.87 Å². The van der Waals surface area contributed by atoms with E-state index in [4.69, 9.17) is 0 Å². The predicted molar refractivity (Wildman–Crippen MR) is 120 cm³/mol. The fraction of sp³-hybridized carbons (Fsp3) is 0.200. The molecule has 1 spiro atoms. The van der Waals surface area contributed by atoms with Crippen molar-refractivity contribution in [3.8, 4) is 0 Å². The van der Waals surface area contributed by atoms with E-state index in [9.17, 15) is 18.4 Å². The molecule has 32 heavy (non-hydrogen) atoms. The number of hydrogen-bond donors (Lipinski definition) is 0. The Hall–Kier alpha value is -3.19. The molecule has 2 aliphatic rings. The van der Waals surface area contributed by atoms with E-state index in [1.807, 2.05) is 25.1 Å². The summed E-state index contributed by atoms with van der Waals surface area (Å²) in [6.07, 6.45) is 0. The van der Waals surface area contributed by atoms with E-state index in [1.54, 1.807) is 28.0 Å². The lowest BCUT2D eigenvalue weighted by atomic mass is 10.0. The van der Waals surface area contributed by atoms with E-state index < -0.39 is 10.7 Å². The molecule has 5 rings (SSSR count). The highest BCUT2D eigenvalue weighted by Crippen LogP contribution is 2.55. The predicted octanol–water partition coefficient (Wildman–Crippen LogP) is 4.86. The number of carbonyl (C=O) groups is 2. The zero-order valence-electron chi connectivity index (χ0n) is 17.3. The number of amides is 2. The van der Waals surface area contributed by atoms with Crippen molar-refractivity contribution in [3.05, 3.63) is 101 Å². The van der Waals surface area contributed by atoms with E-state index in [1.165, 1.54) is 42.1 Å². The zero-order valence-corrected chi connectivity index (χ0v) is 18.2. The third-order valence-corrected chi connectivity index (χ3v) is 7.31. The monoisotopic (exact) mass is 450 g/mol. The minimum atomic E-state index is -1.22. The van der Waals surface area contributed by atoms with Crippen molar-refractivity contribution in [3.63, 3.8) is 0 Å². The Balaban J connectivity index is 1.60. The Morgan fingerprint density at radius 3 is 2.53 bits per heavy atom. The fourth-order valence-electron chi connectivity index (χ4n) is 4.48.